The highest BCUT2D eigenvalue weighted by Crippen LogP contribution is 2.20. The van der Waals surface area contributed by atoms with Crippen LogP contribution in [0.4, 0.5) is 0 Å². The number of ether oxygens (including phenoxy) is 1. The van der Waals surface area contributed by atoms with E-state index < -0.39 is 10.1 Å². The second-order valence-corrected chi connectivity index (χ2v) is 7.10. The molecule has 128 valence electrons. The molecule has 0 radical (unpaired) electrons. The lowest BCUT2D eigenvalue weighted by Gasteiger charge is -2.11. The molecular weight excluding hydrogens is 326 g/mol. The largest absolute Gasteiger partial charge is 0.497 e. The fourth-order valence-electron chi connectivity index (χ4n) is 2.07. The molecule has 2 rings (SSSR count). The Labute approximate surface area is 143 Å². The van der Waals surface area contributed by atoms with Crippen molar-refractivity contribution >= 4 is 15.8 Å². The van der Waals surface area contributed by atoms with E-state index in [0.717, 1.165) is 5.56 Å². The zero-order valence-corrected chi connectivity index (χ0v) is 15.0. The number of hydrogen-bond acceptors (Lipinski definition) is 5. The summed E-state index contributed by atoms with van der Waals surface area (Å²) in [6.45, 7) is 5.71. The first-order valence-corrected chi connectivity index (χ1v) is 8.93. The maximum Gasteiger partial charge on any atom is 0.358 e. The molecule has 0 bridgehead atoms. The fourth-order valence-corrected chi connectivity index (χ4v) is 2.84. The maximum atomic E-state index is 12.2. The number of aryl methyl sites for hydroxylation is 1. The third kappa shape index (κ3) is 4.35. The zero-order chi connectivity index (χ0) is 17.7. The minimum Gasteiger partial charge on any atom is -0.497 e. The summed E-state index contributed by atoms with van der Waals surface area (Å²) >= 11 is 0. The Hall–Kier alpha value is -2.34. The smallest absolute Gasteiger partial charge is 0.358 e. The van der Waals surface area contributed by atoms with Crippen LogP contribution in [0.2, 0.25) is 0 Å². The van der Waals surface area contributed by atoms with E-state index in [9.17, 15) is 8.42 Å². The third-order valence-electron chi connectivity index (χ3n) is 3.83. The van der Waals surface area contributed by atoms with E-state index >= 15 is 0 Å². The van der Waals surface area contributed by atoms with Crippen molar-refractivity contribution < 1.29 is 17.4 Å². The Bertz CT molecular complexity index is 809. The van der Waals surface area contributed by atoms with Crippen LogP contribution in [0.3, 0.4) is 0 Å². The van der Waals surface area contributed by atoms with Gasteiger partial charge in [-0.25, -0.2) is 0 Å². The quantitative estimate of drug-likeness (QED) is 0.587. The standard InChI is InChI=1S/C18H21NO4S/c1-13-5-7-16(8-6-13)14(2)15(3)19-23-24(20,21)18-11-9-17(22-4)10-12-18/h5-12,14H,1-4H3/b19-15+. The van der Waals surface area contributed by atoms with Crippen LogP contribution in [0, 0.1) is 6.92 Å². The average molecular weight is 347 g/mol. The van der Waals surface area contributed by atoms with Crippen molar-refractivity contribution in [1.29, 1.82) is 0 Å². The lowest BCUT2D eigenvalue weighted by atomic mass is 9.96. The molecule has 0 aliphatic carbocycles. The molecule has 0 spiro atoms. The van der Waals surface area contributed by atoms with Gasteiger partial charge in [0.15, 0.2) is 0 Å². The van der Waals surface area contributed by atoms with Crippen LogP contribution >= 0.6 is 0 Å². The van der Waals surface area contributed by atoms with Gasteiger partial charge in [0, 0.05) is 5.92 Å². The van der Waals surface area contributed by atoms with Crippen molar-refractivity contribution in [2.75, 3.05) is 7.11 Å². The van der Waals surface area contributed by atoms with Crippen LogP contribution in [-0.4, -0.2) is 21.2 Å². The van der Waals surface area contributed by atoms with Gasteiger partial charge >= 0.3 is 10.1 Å². The lowest BCUT2D eigenvalue weighted by Crippen LogP contribution is -2.09. The molecule has 5 nitrogen and oxygen atoms in total. The summed E-state index contributed by atoms with van der Waals surface area (Å²) in [5.74, 6) is 0.526. The predicted molar refractivity (Wildman–Crippen MR) is 94.0 cm³/mol. The average Bonchev–Trinajstić information content (AvgIpc) is 2.60. The van der Waals surface area contributed by atoms with E-state index in [4.69, 9.17) is 9.02 Å². The highest BCUT2D eigenvalue weighted by Gasteiger charge is 2.17. The van der Waals surface area contributed by atoms with Crippen LogP contribution in [-0.2, 0) is 14.4 Å². The maximum absolute atomic E-state index is 12.2. The Morgan fingerprint density at radius 3 is 2.17 bits per heavy atom. The normalized spacial score (nSPS) is 13.4. The van der Waals surface area contributed by atoms with Gasteiger partial charge in [0.05, 0.1) is 12.8 Å². The van der Waals surface area contributed by atoms with Crippen LogP contribution in [0.15, 0.2) is 58.6 Å². The molecule has 0 N–H and O–H groups in total. The minimum absolute atomic E-state index is 0.0304. The fraction of sp³-hybridized carbons (Fsp3) is 0.278. The van der Waals surface area contributed by atoms with Gasteiger partial charge < -0.3 is 4.74 Å². The molecule has 6 heteroatoms. The summed E-state index contributed by atoms with van der Waals surface area (Å²) in [6, 6.07) is 14.0. The number of oxime groups is 1. The van der Waals surface area contributed by atoms with E-state index in [1.807, 2.05) is 38.1 Å². The first-order chi connectivity index (χ1) is 11.3. The second kappa shape index (κ2) is 7.49. The molecule has 1 unspecified atom stereocenters. The first-order valence-electron chi connectivity index (χ1n) is 7.52. The van der Waals surface area contributed by atoms with Gasteiger partial charge in [-0.3, -0.25) is 4.28 Å². The Balaban J connectivity index is 2.13. The molecule has 0 fully saturated rings. The monoisotopic (exact) mass is 347 g/mol. The van der Waals surface area contributed by atoms with E-state index in [-0.39, 0.29) is 10.8 Å². The van der Waals surface area contributed by atoms with Gasteiger partial charge in [-0.15, -0.1) is 0 Å². The summed E-state index contributed by atoms with van der Waals surface area (Å²) in [4.78, 5) is 0.0304. The van der Waals surface area contributed by atoms with Crippen molar-refractivity contribution in [2.24, 2.45) is 5.16 Å². The van der Waals surface area contributed by atoms with Crippen molar-refractivity contribution in [2.45, 2.75) is 31.6 Å². The van der Waals surface area contributed by atoms with Crippen LogP contribution in [0.5, 0.6) is 5.75 Å². The van der Waals surface area contributed by atoms with Crippen LogP contribution < -0.4 is 4.74 Å². The summed E-state index contributed by atoms with van der Waals surface area (Å²) in [7, 11) is -2.43. The summed E-state index contributed by atoms with van der Waals surface area (Å²) in [5, 5.41) is 3.81. The molecular formula is C18H21NO4S. The topological polar surface area (TPSA) is 65.0 Å². The number of nitrogens with zero attached hydrogens (tertiary/aromatic N) is 1. The zero-order valence-electron chi connectivity index (χ0n) is 14.2. The van der Waals surface area contributed by atoms with Crippen molar-refractivity contribution in [1.82, 2.24) is 0 Å². The molecule has 0 aromatic heterocycles. The molecule has 0 amide bonds. The van der Waals surface area contributed by atoms with Crippen molar-refractivity contribution in [3.63, 3.8) is 0 Å². The summed E-state index contributed by atoms with van der Waals surface area (Å²) in [5.41, 5.74) is 2.79. The van der Waals surface area contributed by atoms with Gasteiger partial charge in [-0.1, -0.05) is 41.9 Å². The molecule has 0 aliphatic heterocycles. The van der Waals surface area contributed by atoms with E-state index in [1.54, 1.807) is 19.1 Å². The van der Waals surface area contributed by atoms with Gasteiger partial charge in [0.1, 0.15) is 10.6 Å². The molecule has 0 heterocycles. The molecule has 1 atom stereocenters. The Morgan fingerprint density at radius 1 is 1.04 bits per heavy atom. The number of benzene rings is 2. The SMILES string of the molecule is COc1ccc(S(=O)(=O)O/N=C(\C)C(C)c2ccc(C)cc2)cc1. The van der Waals surface area contributed by atoms with Crippen molar-refractivity contribution in [3.8, 4) is 5.75 Å². The third-order valence-corrected chi connectivity index (χ3v) is 4.95. The van der Waals surface area contributed by atoms with E-state index in [1.165, 1.54) is 24.8 Å². The highest BCUT2D eigenvalue weighted by molar-refractivity contribution is 7.86. The molecule has 0 aliphatic rings. The van der Waals surface area contributed by atoms with Crippen LogP contribution in [0.25, 0.3) is 0 Å². The molecule has 2 aromatic rings. The second-order valence-electron chi connectivity index (χ2n) is 5.57. The number of methoxy groups -OCH3 is 1. The predicted octanol–water partition coefficient (Wildman–Crippen LogP) is 3.89. The Kier molecular flexibility index (Phi) is 5.62. The van der Waals surface area contributed by atoms with E-state index in [2.05, 4.69) is 5.16 Å². The van der Waals surface area contributed by atoms with Crippen molar-refractivity contribution in [3.05, 3.63) is 59.7 Å². The molecule has 0 saturated carbocycles. The highest BCUT2D eigenvalue weighted by atomic mass is 32.2. The summed E-state index contributed by atoms with van der Waals surface area (Å²) in [6.07, 6.45) is 0. The molecule has 0 saturated heterocycles. The minimum atomic E-state index is -3.95. The van der Waals surface area contributed by atoms with Crippen LogP contribution in [0.1, 0.15) is 30.9 Å². The van der Waals surface area contributed by atoms with Gasteiger partial charge in [0.25, 0.3) is 0 Å². The Morgan fingerprint density at radius 2 is 1.62 bits per heavy atom. The number of rotatable bonds is 6. The van der Waals surface area contributed by atoms with Gasteiger partial charge in [-0.2, -0.15) is 8.42 Å². The lowest BCUT2D eigenvalue weighted by molar-refractivity contribution is 0.336. The number of hydrogen-bond donors (Lipinski definition) is 0. The van der Waals surface area contributed by atoms with Gasteiger partial charge in [0.2, 0.25) is 0 Å². The summed E-state index contributed by atoms with van der Waals surface area (Å²) < 4.78 is 34.2. The van der Waals surface area contributed by atoms with E-state index in [0.29, 0.717) is 11.5 Å². The molecule has 2 aromatic carbocycles. The first kappa shape index (κ1) is 18.0. The molecule has 24 heavy (non-hydrogen) atoms. The van der Waals surface area contributed by atoms with Gasteiger partial charge in [-0.05, 0) is 43.7 Å².